The van der Waals surface area contributed by atoms with Gasteiger partial charge in [-0.3, -0.25) is 19.3 Å². The van der Waals surface area contributed by atoms with Crippen molar-refractivity contribution >= 4 is 17.7 Å². The summed E-state index contributed by atoms with van der Waals surface area (Å²) in [6.07, 6.45) is 1.31. The number of carbonyl (C=O) groups excluding carboxylic acids is 3. The summed E-state index contributed by atoms with van der Waals surface area (Å²) in [5, 5.41) is 0. The number of ether oxygens (including phenoxy) is 1. The van der Waals surface area contributed by atoms with Crippen LogP contribution in [-0.2, 0) is 14.3 Å². The number of hydrogen-bond acceptors (Lipinski definition) is 5. The van der Waals surface area contributed by atoms with Gasteiger partial charge in [-0.25, -0.2) is 4.39 Å². The highest BCUT2D eigenvalue weighted by atomic mass is 19.1. The van der Waals surface area contributed by atoms with Gasteiger partial charge in [0.1, 0.15) is 17.6 Å². The summed E-state index contributed by atoms with van der Waals surface area (Å²) in [5.74, 6) is -0.794. The Labute approximate surface area is 207 Å². The van der Waals surface area contributed by atoms with E-state index in [4.69, 9.17) is 4.74 Å². The van der Waals surface area contributed by atoms with Gasteiger partial charge in [0.2, 0.25) is 11.8 Å². The van der Waals surface area contributed by atoms with Gasteiger partial charge in [0.05, 0.1) is 6.61 Å². The Kier molecular flexibility index (Phi) is 7.20. The van der Waals surface area contributed by atoms with Crippen molar-refractivity contribution in [2.45, 2.75) is 51.8 Å². The second kappa shape index (κ2) is 9.85. The minimum absolute atomic E-state index is 0.0896. The highest BCUT2D eigenvalue weighted by Crippen LogP contribution is 2.39. The van der Waals surface area contributed by atoms with Crippen LogP contribution in [0.1, 0.15) is 50.4 Å². The van der Waals surface area contributed by atoms with Crippen LogP contribution in [0.4, 0.5) is 4.39 Å². The highest BCUT2D eigenvalue weighted by molar-refractivity contribution is 5.98. The Morgan fingerprint density at radius 3 is 2.14 bits per heavy atom. The van der Waals surface area contributed by atoms with Gasteiger partial charge in [-0.05, 0) is 36.7 Å². The third kappa shape index (κ3) is 5.51. The van der Waals surface area contributed by atoms with Gasteiger partial charge < -0.3 is 19.4 Å². The standard InChI is InChI=1S/C26H37FN4O4/c1-25(2,3)17-22(32)29-11-9-26(10-12-29)31(23(33)19-5-7-20(27)8-6-19)21(18-35-26)24(34)30-15-13-28(4)14-16-30/h5-8,21H,9-18H2,1-4H3/t21-/m1/s1. The number of piperidine rings is 1. The fourth-order valence-electron chi connectivity index (χ4n) is 5.20. The smallest absolute Gasteiger partial charge is 0.256 e. The molecular formula is C26H37FN4O4. The zero-order chi connectivity index (χ0) is 25.4. The van der Waals surface area contributed by atoms with E-state index in [0.29, 0.717) is 51.0 Å². The average Bonchev–Trinajstić information content (AvgIpc) is 3.17. The molecule has 8 nitrogen and oxygen atoms in total. The number of likely N-dealkylation sites (tertiary alicyclic amines) is 1. The summed E-state index contributed by atoms with van der Waals surface area (Å²) >= 11 is 0. The molecule has 1 spiro atoms. The maximum atomic E-state index is 13.7. The van der Waals surface area contributed by atoms with Gasteiger partial charge in [-0.15, -0.1) is 0 Å². The van der Waals surface area contributed by atoms with Crippen LogP contribution in [-0.4, -0.2) is 102 Å². The molecule has 1 atom stereocenters. The van der Waals surface area contributed by atoms with E-state index in [0.717, 1.165) is 13.1 Å². The van der Waals surface area contributed by atoms with Gasteiger partial charge in [-0.1, -0.05) is 20.8 Å². The Bertz CT molecular complexity index is 945. The molecule has 3 heterocycles. The first-order valence-electron chi connectivity index (χ1n) is 12.5. The van der Waals surface area contributed by atoms with E-state index in [9.17, 15) is 18.8 Å². The molecular weight excluding hydrogens is 451 g/mol. The van der Waals surface area contributed by atoms with Gasteiger partial charge >= 0.3 is 0 Å². The first-order valence-corrected chi connectivity index (χ1v) is 12.5. The number of benzene rings is 1. The third-order valence-electron chi connectivity index (χ3n) is 7.25. The van der Waals surface area contributed by atoms with Crippen molar-refractivity contribution in [2.24, 2.45) is 5.41 Å². The number of nitrogens with zero attached hydrogens (tertiary/aromatic N) is 4. The van der Waals surface area contributed by atoms with Gasteiger partial charge in [0, 0.05) is 64.1 Å². The number of likely N-dealkylation sites (N-methyl/N-ethyl adjacent to an activating group) is 1. The summed E-state index contributed by atoms with van der Waals surface area (Å²) in [6.45, 7) is 9.90. The SMILES string of the molecule is CN1CCN(C(=O)[C@H]2COC3(CCN(C(=O)CC(C)(C)C)CC3)N2C(=O)c2ccc(F)cc2)CC1. The van der Waals surface area contributed by atoms with Crippen molar-refractivity contribution < 1.29 is 23.5 Å². The zero-order valence-corrected chi connectivity index (χ0v) is 21.3. The van der Waals surface area contributed by atoms with E-state index in [1.54, 1.807) is 9.80 Å². The van der Waals surface area contributed by atoms with Gasteiger partial charge in [0.15, 0.2) is 0 Å². The molecule has 192 valence electrons. The van der Waals surface area contributed by atoms with E-state index < -0.39 is 17.6 Å². The lowest BCUT2D eigenvalue weighted by Crippen LogP contribution is -2.61. The molecule has 3 aliphatic heterocycles. The van der Waals surface area contributed by atoms with Gasteiger partial charge in [0.25, 0.3) is 5.91 Å². The quantitative estimate of drug-likeness (QED) is 0.652. The molecule has 0 N–H and O–H groups in total. The van der Waals surface area contributed by atoms with Crippen LogP contribution >= 0.6 is 0 Å². The molecule has 0 unspecified atom stereocenters. The molecule has 0 saturated carbocycles. The normalized spacial score (nSPS) is 23.1. The van der Waals surface area contributed by atoms with Crippen LogP contribution < -0.4 is 0 Å². The van der Waals surface area contributed by atoms with Crippen molar-refractivity contribution in [3.05, 3.63) is 35.6 Å². The number of rotatable bonds is 3. The molecule has 3 aliphatic rings. The summed E-state index contributed by atoms with van der Waals surface area (Å²) in [5.41, 5.74) is -0.754. The summed E-state index contributed by atoms with van der Waals surface area (Å²) in [6, 6.07) is 4.66. The highest BCUT2D eigenvalue weighted by Gasteiger charge is 2.55. The molecule has 0 aliphatic carbocycles. The molecule has 1 aromatic carbocycles. The topological polar surface area (TPSA) is 73.4 Å². The van der Waals surface area contributed by atoms with E-state index >= 15 is 0 Å². The second-order valence-corrected chi connectivity index (χ2v) is 11.2. The number of amides is 3. The van der Waals surface area contributed by atoms with Crippen LogP contribution in [0.25, 0.3) is 0 Å². The van der Waals surface area contributed by atoms with Crippen molar-refractivity contribution in [2.75, 3.05) is 52.9 Å². The minimum atomic E-state index is -0.961. The summed E-state index contributed by atoms with van der Waals surface area (Å²) in [4.78, 5) is 47.5. The molecule has 3 saturated heterocycles. The molecule has 3 amide bonds. The number of halogens is 1. The number of carbonyl (C=O) groups is 3. The summed E-state index contributed by atoms with van der Waals surface area (Å²) in [7, 11) is 2.02. The lowest BCUT2D eigenvalue weighted by molar-refractivity contribution is -0.147. The molecule has 9 heteroatoms. The van der Waals surface area contributed by atoms with E-state index in [1.807, 2.05) is 32.7 Å². The molecule has 3 fully saturated rings. The lowest BCUT2D eigenvalue weighted by Gasteiger charge is -2.45. The number of piperazine rings is 1. The van der Waals surface area contributed by atoms with Crippen molar-refractivity contribution in [3.63, 3.8) is 0 Å². The fraction of sp³-hybridized carbons (Fsp3) is 0.654. The minimum Gasteiger partial charge on any atom is -0.353 e. The summed E-state index contributed by atoms with van der Waals surface area (Å²) < 4.78 is 19.8. The van der Waals surface area contributed by atoms with Crippen LogP contribution in [0.3, 0.4) is 0 Å². The van der Waals surface area contributed by atoms with E-state index in [2.05, 4.69) is 4.90 Å². The Morgan fingerprint density at radius 1 is 0.971 bits per heavy atom. The fourth-order valence-corrected chi connectivity index (χ4v) is 5.20. The maximum absolute atomic E-state index is 13.7. The van der Waals surface area contributed by atoms with Crippen molar-refractivity contribution in [3.8, 4) is 0 Å². The molecule has 0 bridgehead atoms. The largest absolute Gasteiger partial charge is 0.353 e. The van der Waals surface area contributed by atoms with Crippen molar-refractivity contribution in [1.29, 1.82) is 0 Å². The van der Waals surface area contributed by atoms with Crippen LogP contribution in [0.5, 0.6) is 0 Å². The average molecular weight is 489 g/mol. The first-order chi connectivity index (χ1) is 16.5. The maximum Gasteiger partial charge on any atom is 0.256 e. The monoisotopic (exact) mass is 488 g/mol. The number of hydrogen-bond donors (Lipinski definition) is 0. The molecule has 4 rings (SSSR count). The molecule has 0 radical (unpaired) electrons. The first kappa shape index (κ1) is 25.6. The Morgan fingerprint density at radius 2 is 1.57 bits per heavy atom. The van der Waals surface area contributed by atoms with Gasteiger partial charge in [-0.2, -0.15) is 0 Å². The molecule has 0 aromatic heterocycles. The molecule has 1 aromatic rings. The van der Waals surface area contributed by atoms with E-state index in [1.165, 1.54) is 24.3 Å². The Hall–Kier alpha value is -2.52. The van der Waals surface area contributed by atoms with Crippen molar-refractivity contribution in [1.82, 2.24) is 19.6 Å². The Balaban J connectivity index is 1.56. The predicted octanol–water partition coefficient (Wildman–Crippen LogP) is 2.20. The van der Waals surface area contributed by atoms with E-state index in [-0.39, 0.29) is 29.7 Å². The second-order valence-electron chi connectivity index (χ2n) is 11.2. The molecule has 35 heavy (non-hydrogen) atoms. The van der Waals surface area contributed by atoms with Crippen LogP contribution in [0, 0.1) is 11.2 Å². The lowest BCUT2D eigenvalue weighted by atomic mass is 9.90. The zero-order valence-electron chi connectivity index (χ0n) is 21.3. The third-order valence-corrected chi connectivity index (χ3v) is 7.25. The van der Waals surface area contributed by atoms with Crippen LogP contribution in [0.2, 0.25) is 0 Å². The van der Waals surface area contributed by atoms with Crippen LogP contribution in [0.15, 0.2) is 24.3 Å². The predicted molar refractivity (Wildman–Crippen MR) is 129 cm³/mol.